The van der Waals surface area contributed by atoms with Gasteiger partial charge in [-0.2, -0.15) is 0 Å². The Morgan fingerprint density at radius 1 is 1.15 bits per heavy atom. The van der Waals surface area contributed by atoms with E-state index in [1.54, 1.807) is 26.1 Å². The van der Waals surface area contributed by atoms with Crippen LogP contribution < -0.4 is 19.5 Å². The number of sulfonamides is 1. The number of carbonyl (C=O) groups excluding carboxylic acids is 1. The number of rotatable bonds is 10. The van der Waals surface area contributed by atoms with E-state index in [4.69, 9.17) is 9.47 Å². The van der Waals surface area contributed by atoms with Crippen molar-refractivity contribution in [2.75, 3.05) is 11.9 Å². The Kier molecular flexibility index (Phi) is 7.95. The quantitative estimate of drug-likeness (QED) is 0.439. The van der Waals surface area contributed by atoms with Gasteiger partial charge in [-0.05, 0) is 58.0 Å². The number of nitrogens with one attached hydrogen (secondary N) is 2. The molecule has 0 aliphatic rings. The van der Waals surface area contributed by atoms with E-state index < -0.39 is 16.1 Å². The monoisotopic (exact) mass is 486 g/mol. The third-order valence-electron chi connectivity index (χ3n) is 5.03. The number of carbonyl (C=O) groups is 1. The van der Waals surface area contributed by atoms with Crippen molar-refractivity contribution in [1.29, 1.82) is 0 Å². The topological polar surface area (TPSA) is 112 Å². The molecule has 3 rings (SSSR count). The summed E-state index contributed by atoms with van der Waals surface area (Å²) in [4.78, 5) is 15.7. The molecule has 0 aliphatic heterocycles. The number of aromatic nitrogens is 2. The highest BCUT2D eigenvalue weighted by Gasteiger charge is 2.26. The number of aryl methyl sites for hydroxylation is 1. The zero-order valence-electron chi connectivity index (χ0n) is 20.0. The van der Waals surface area contributed by atoms with Gasteiger partial charge >= 0.3 is 6.01 Å². The largest absolute Gasteiger partial charge is 0.492 e. The van der Waals surface area contributed by atoms with E-state index in [0.717, 1.165) is 5.56 Å². The first-order chi connectivity index (χ1) is 16.1. The lowest BCUT2D eigenvalue weighted by atomic mass is 10.2. The van der Waals surface area contributed by atoms with E-state index in [1.165, 1.54) is 19.1 Å². The Hall–Kier alpha value is -3.37. The van der Waals surface area contributed by atoms with Crippen molar-refractivity contribution in [3.8, 4) is 17.5 Å². The molecule has 0 fully saturated rings. The molecule has 1 unspecified atom stereocenters. The van der Waals surface area contributed by atoms with Crippen molar-refractivity contribution in [3.63, 3.8) is 0 Å². The number of hydrogen-bond acceptors (Lipinski definition) is 6. The van der Waals surface area contributed by atoms with Crippen LogP contribution in [0.1, 0.15) is 45.0 Å². The SMILES string of the molecule is CCOc1ccc(NC(C)=O)cc1S(=O)(=O)NC(C)c1cnc(Oc2ccc(C)cc2)n1CC. The molecule has 0 bridgehead atoms. The standard InChI is InChI=1S/C24H30N4O5S/c1-6-28-21(15-25-24(28)33-20-11-8-16(3)9-12-20)17(4)27-34(30,31)23-14-19(26-18(5)29)10-13-22(23)32-7-2/h8-15,17,27H,6-7H2,1-5H3,(H,26,29). The summed E-state index contributed by atoms with van der Waals surface area (Å²) in [7, 11) is -4.01. The van der Waals surface area contributed by atoms with E-state index >= 15 is 0 Å². The molecule has 34 heavy (non-hydrogen) atoms. The van der Waals surface area contributed by atoms with Crippen LogP contribution in [0.3, 0.4) is 0 Å². The van der Waals surface area contributed by atoms with Gasteiger partial charge in [0.15, 0.2) is 0 Å². The zero-order valence-corrected chi connectivity index (χ0v) is 20.8. The lowest BCUT2D eigenvalue weighted by Crippen LogP contribution is -2.29. The van der Waals surface area contributed by atoms with Crippen molar-refractivity contribution in [3.05, 3.63) is 59.9 Å². The van der Waals surface area contributed by atoms with Crippen molar-refractivity contribution >= 4 is 21.6 Å². The summed E-state index contributed by atoms with van der Waals surface area (Å²) in [5, 5.41) is 2.60. The van der Waals surface area contributed by atoms with Crippen LogP contribution in [0, 0.1) is 6.92 Å². The third kappa shape index (κ3) is 5.95. The molecule has 182 valence electrons. The maximum atomic E-state index is 13.3. The number of hydrogen-bond donors (Lipinski definition) is 2. The summed E-state index contributed by atoms with van der Waals surface area (Å²) in [6.07, 6.45) is 1.59. The van der Waals surface area contributed by atoms with E-state index in [-0.39, 0.29) is 16.6 Å². The van der Waals surface area contributed by atoms with Crippen LogP contribution in [0.5, 0.6) is 17.5 Å². The molecular weight excluding hydrogens is 456 g/mol. The van der Waals surface area contributed by atoms with E-state index in [0.29, 0.717) is 36.3 Å². The Labute approximate surface area is 200 Å². The first kappa shape index (κ1) is 25.3. The maximum absolute atomic E-state index is 13.3. The molecule has 2 N–H and O–H groups in total. The molecule has 10 heteroatoms. The van der Waals surface area contributed by atoms with Crippen molar-refractivity contribution in [2.45, 2.75) is 52.1 Å². The number of ether oxygens (including phenoxy) is 2. The fraction of sp³-hybridized carbons (Fsp3) is 0.333. The molecule has 0 aliphatic carbocycles. The summed E-state index contributed by atoms with van der Waals surface area (Å²) in [6.45, 7) is 9.60. The number of benzene rings is 2. The minimum Gasteiger partial charge on any atom is -0.492 e. The molecule has 2 aromatic carbocycles. The van der Waals surface area contributed by atoms with Crippen molar-refractivity contribution < 1.29 is 22.7 Å². The Bertz CT molecular complexity index is 1250. The second-order valence-electron chi connectivity index (χ2n) is 7.74. The first-order valence-corrected chi connectivity index (χ1v) is 12.5. The lowest BCUT2D eigenvalue weighted by Gasteiger charge is -2.19. The fourth-order valence-electron chi connectivity index (χ4n) is 3.46. The van der Waals surface area contributed by atoms with Crippen LogP contribution in [-0.4, -0.2) is 30.5 Å². The predicted molar refractivity (Wildman–Crippen MR) is 130 cm³/mol. The molecule has 9 nitrogen and oxygen atoms in total. The number of anilines is 1. The second-order valence-corrected chi connectivity index (χ2v) is 9.43. The normalized spacial score (nSPS) is 12.3. The highest BCUT2D eigenvalue weighted by Crippen LogP contribution is 2.30. The van der Waals surface area contributed by atoms with Crippen molar-refractivity contribution in [1.82, 2.24) is 14.3 Å². The van der Waals surface area contributed by atoms with Gasteiger partial charge in [-0.1, -0.05) is 17.7 Å². The van der Waals surface area contributed by atoms with Gasteiger partial charge in [-0.3, -0.25) is 9.36 Å². The number of imidazole rings is 1. The summed E-state index contributed by atoms with van der Waals surface area (Å²) in [6, 6.07) is 11.8. The third-order valence-corrected chi connectivity index (χ3v) is 6.59. The number of amides is 1. The minimum absolute atomic E-state index is 0.0638. The van der Waals surface area contributed by atoms with Gasteiger partial charge in [-0.15, -0.1) is 0 Å². The molecular formula is C24H30N4O5S. The van der Waals surface area contributed by atoms with E-state index in [9.17, 15) is 13.2 Å². The maximum Gasteiger partial charge on any atom is 0.302 e. The van der Waals surface area contributed by atoms with Crippen LogP contribution in [0.25, 0.3) is 0 Å². The van der Waals surface area contributed by atoms with Gasteiger partial charge in [0.2, 0.25) is 15.9 Å². The van der Waals surface area contributed by atoms with Gasteiger partial charge < -0.3 is 14.8 Å². The Morgan fingerprint density at radius 3 is 2.47 bits per heavy atom. The predicted octanol–water partition coefficient (Wildman–Crippen LogP) is 4.40. The molecule has 1 aromatic heterocycles. The average molecular weight is 487 g/mol. The van der Waals surface area contributed by atoms with Gasteiger partial charge in [0.05, 0.1) is 24.5 Å². The summed E-state index contributed by atoms with van der Waals surface area (Å²) in [5.74, 6) is 0.535. The van der Waals surface area contributed by atoms with Crippen LogP contribution in [0.2, 0.25) is 0 Å². The summed E-state index contributed by atoms with van der Waals surface area (Å²) >= 11 is 0. The summed E-state index contributed by atoms with van der Waals surface area (Å²) < 4.78 is 42.6. The van der Waals surface area contributed by atoms with Gasteiger partial charge in [0.1, 0.15) is 16.4 Å². The molecule has 1 atom stereocenters. The van der Waals surface area contributed by atoms with Crippen molar-refractivity contribution in [2.24, 2.45) is 0 Å². The van der Waals surface area contributed by atoms with Gasteiger partial charge in [-0.25, -0.2) is 18.1 Å². The second kappa shape index (κ2) is 10.7. The van der Waals surface area contributed by atoms with Crippen LogP contribution in [0.15, 0.2) is 53.6 Å². The minimum atomic E-state index is -4.01. The van der Waals surface area contributed by atoms with Crippen LogP contribution in [-0.2, 0) is 21.4 Å². The molecule has 0 saturated heterocycles. The first-order valence-electron chi connectivity index (χ1n) is 11.0. The molecule has 0 radical (unpaired) electrons. The zero-order chi connectivity index (χ0) is 24.9. The van der Waals surface area contributed by atoms with E-state index in [1.807, 2.05) is 42.7 Å². The summed E-state index contributed by atoms with van der Waals surface area (Å²) in [5.41, 5.74) is 2.12. The molecule has 3 aromatic rings. The highest BCUT2D eigenvalue weighted by molar-refractivity contribution is 7.89. The van der Waals surface area contributed by atoms with Crippen LogP contribution in [0.4, 0.5) is 5.69 Å². The molecule has 0 saturated carbocycles. The van der Waals surface area contributed by atoms with Gasteiger partial charge in [0.25, 0.3) is 0 Å². The Balaban J connectivity index is 1.88. The smallest absolute Gasteiger partial charge is 0.302 e. The number of nitrogens with zero attached hydrogens (tertiary/aromatic N) is 2. The average Bonchev–Trinajstić information content (AvgIpc) is 3.18. The molecule has 0 spiro atoms. The fourth-order valence-corrected chi connectivity index (χ4v) is 4.85. The molecule has 1 heterocycles. The highest BCUT2D eigenvalue weighted by atomic mass is 32.2. The lowest BCUT2D eigenvalue weighted by molar-refractivity contribution is -0.114. The Morgan fingerprint density at radius 2 is 1.85 bits per heavy atom. The molecule has 1 amide bonds. The van der Waals surface area contributed by atoms with Gasteiger partial charge in [0, 0.05) is 19.2 Å². The van der Waals surface area contributed by atoms with Crippen LogP contribution >= 0.6 is 0 Å². The van der Waals surface area contributed by atoms with E-state index in [2.05, 4.69) is 15.0 Å².